The van der Waals surface area contributed by atoms with Crippen LogP contribution in [-0.2, 0) is 16.0 Å². The molecule has 3 heterocycles. The van der Waals surface area contributed by atoms with Crippen LogP contribution < -0.4 is 9.64 Å². The zero-order valence-electron chi connectivity index (χ0n) is 21.7. The third-order valence-electron chi connectivity index (χ3n) is 7.20. The maximum Gasteiger partial charge on any atom is 0.259 e. The van der Waals surface area contributed by atoms with Crippen molar-refractivity contribution < 1.29 is 14.3 Å². The Hall–Kier alpha value is -4.11. The third kappa shape index (κ3) is 5.02. The number of amidine groups is 2. The van der Waals surface area contributed by atoms with Crippen molar-refractivity contribution in [1.82, 2.24) is 9.80 Å². The highest BCUT2D eigenvalue weighted by atomic mass is 32.2. The van der Waals surface area contributed by atoms with Crippen molar-refractivity contribution in [3.63, 3.8) is 0 Å². The number of fused-ring (bicyclic) bond motifs is 3. The summed E-state index contributed by atoms with van der Waals surface area (Å²) < 4.78 is 5.51. The van der Waals surface area contributed by atoms with Crippen molar-refractivity contribution in [3.8, 4) is 5.75 Å². The molecule has 1 saturated heterocycles. The van der Waals surface area contributed by atoms with Crippen LogP contribution in [0, 0.1) is 0 Å². The third-order valence-corrected chi connectivity index (χ3v) is 8.13. The Balaban J connectivity index is 1.14. The molecule has 3 aromatic rings. The van der Waals surface area contributed by atoms with Crippen LogP contribution in [0.3, 0.4) is 0 Å². The van der Waals surface area contributed by atoms with E-state index in [9.17, 15) is 9.59 Å². The van der Waals surface area contributed by atoms with Crippen LogP contribution in [0.4, 0.5) is 11.4 Å². The number of anilines is 1. The number of para-hydroxylation sites is 3. The zero-order chi connectivity index (χ0) is 26.8. The Labute approximate surface area is 232 Å². The Morgan fingerprint density at radius 2 is 1.67 bits per heavy atom. The molecule has 1 atom stereocenters. The van der Waals surface area contributed by atoms with Crippen molar-refractivity contribution in [2.75, 3.05) is 43.9 Å². The topological polar surface area (TPSA) is 77.8 Å². The van der Waals surface area contributed by atoms with Crippen LogP contribution in [0.15, 0.2) is 88.8 Å². The number of methoxy groups -OCH3 is 1. The molecule has 1 fully saturated rings. The van der Waals surface area contributed by atoms with Gasteiger partial charge in [0.05, 0.1) is 24.2 Å². The van der Waals surface area contributed by atoms with Gasteiger partial charge in [-0.2, -0.15) is 0 Å². The lowest BCUT2D eigenvalue weighted by molar-refractivity contribution is -0.128. The van der Waals surface area contributed by atoms with Crippen LogP contribution in [0.2, 0.25) is 0 Å². The second-order valence-electron chi connectivity index (χ2n) is 9.57. The first-order chi connectivity index (χ1) is 19.1. The highest BCUT2D eigenvalue weighted by Gasteiger charge is 2.41. The lowest BCUT2D eigenvalue weighted by Crippen LogP contribution is -2.49. The second kappa shape index (κ2) is 10.9. The lowest BCUT2D eigenvalue weighted by atomic mass is 10.1. The number of carbonyl (C=O) groups is 2. The molecule has 0 N–H and O–H groups in total. The standard InChI is InChI=1S/C30H29N5O3S/c1-38-26-14-8-7-13-25(26)33-15-17-34(18-16-33)27(36)20-39-30-32-23-12-6-5-11-22(23)28-31-24(29(37)35(28)30)19-21-9-3-2-4-10-21/h2-14,24H,15-20H2,1H3/t24-/m1/s1. The molecule has 0 spiro atoms. The maximum absolute atomic E-state index is 13.5. The van der Waals surface area contributed by atoms with Crippen molar-refractivity contribution in [3.05, 3.63) is 90.0 Å². The van der Waals surface area contributed by atoms with Gasteiger partial charge in [-0.25, -0.2) is 9.89 Å². The molecule has 3 aromatic carbocycles. The Morgan fingerprint density at radius 3 is 2.46 bits per heavy atom. The van der Waals surface area contributed by atoms with E-state index < -0.39 is 6.04 Å². The SMILES string of the molecule is COc1ccccc1N1CCN(C(=O)CSC2=Nc3ccccc3C3=N[C@H](Cc4ccccc4)C(=O)N23)CC1. The minimum atomic E-state index is -0.516. The molecule has 8 nitrogen and oxygen atoms in total. The molecule has 3 aliphatic heterocycles. The molecule has 39 heavy (non-hydrogen) atoms. The van der Waals surface area contributed by atoms with E-state index >= 15 is 0 Å². The van der Waals surface area contributed by atoms with E-state index in [-0.39, 0.29) is 17.6 Å². The van der Waals surface area contributed by atoms with Gasteiger partial charge in [0, 0.05) is 38.2 Å². The van der Waals surface area contributed by atoms with Gasteiger partial charge in [-0.15, -0.1) is 0 Å². The summed E-state index contributed by atoms with van der Waals surface area (Å²) in [7, 11) is 1.67. The van der Waals surface area contributed by atoms with Crippen molar-refractivity contribution in [2.24, 2.45) is 9.98 Å². The van der Waals surface area contributed by atoms with Crippen molar-refractivity contribution >= 4 is 46.0 Å². The van der Waals surface area contributed by atoms with Crippen LogP contribution in [0.5, 0.6) is 5.75 Å². The van der Waals surface area contributed by atoms with Gasteiger partial charge in [-0.1, -0.05) is 66.4 Å². The highest BCUT2D eigenvalue weighted by Crippen LogP contribution is 2.34. The molecule has 0 radical (unpaired) electrons. The number of piperazine rings is 1. The minimum absolute atomic E-state index is 0.0344. The summed E-state index contributed by atoms with van der Waals surface area (Å²) in [6, 6.07) is 25.1. The average Bonchev–Trinajstić information content (AvgIpc) is 3.32. The molecule has 3 aliphatic rings. The molecule has 0 saturated carbocycles. The summed E-state index contributed by atoms with van der Waals surface area (Å²) in [5.41, 5.74) is 3.70. The first kappa shape index (κ1) is 25.2. The van der Waals surface area contributed by atoms with E-state index in [4.69, 9.17) is 14.7 Å². The molecule has 198 valence electrons. The Bertz CT molecular complexity index is 1450. The van der Waals surface area contributed by atoms with Gasteiger partial charge in [0.15, 0.2) is 5.17 Å². The van der Waals surface area contributed by atoms with Gasteiger partial charge < -0.3 is 14.5 Å². The summed E-state index contributed by atoms with van der Waals surface area (Å²) in [5, 5.41) is 0.508. The quantitative estimate of drug-likeness (QED) is 0.474. The van der Waals surface area contributed by atoms with Crippen molar-refractivity contribution in [1.29, 1.82) is 0 Å². The smallest absolute Gasteiger partial charge is 0.259 e. The van der Waals surface area contributed by atoms with E-state index in [1.807, 2.05) is 83.8 Å². The maximum atomic E-state index is 13.5. The van der Waals surface area contributed by atoms with Gasteiger partial charge >= 0.3 is 0 Å². The summed E-state index contributed by atoms with van der Waals surface area (Å²) in [5.74, 6) is 1.59. The van der Waals surface area contributed by atoms with Gasteiger partial charge in [-0.3, -0.25) is 14.6 Å². The molecule has 0 bridgehead atoms. The first-order valence-electron chi connectivity index (χ1n) is 13.0. The lowest BCUT2D eigenvalue weighted by Gasteiger charge is -2.36. The van der Waals surface area contributed by atoms with E-state index in [0.29, 0.717) is 30.5 Å². The van der Waals surface area contributed by atoms with Gasteiger partial charge in [0.2, 0.25) is 5.91 Å². The molecule has 6 rings (SSSR count). The fraction of sp³-hybridized carbons (Fsp3) is 0.267. The monoisotopic (exact) mass is 539 g/mol. The largest absolute Gasteiger partial charge is 0.495 e. The minimum Gasteiger partial charge on any atom is -0.495 e. The molecule has 2 amide bonds. The number of carbonyl (C=O) groups excluding carboxylic acids is 2. The number of aliphatic imine (C=N–C) groups is 2. The molecular formula is C30H29N5O3S. The fourth-order valence-corrected chi connectivity index (χ4v) is 6.08. The predicted molar refractivity (Wildman–Crippen MR) is 155 cm³/mol. The van der Waals surface area contributed by atoms with E-state index in [1.54, 1.807) is 12.0 Å². The Morgan fingerprint density at radius 1 is 0.949 bits per heavy atom. The van der Waals surface area contributed by atoms with E-state index in [0.717, 1.165) is 41.3 Å². The normalized spacial score (nSPS) is 18.3. The Kier molecular flexibility index (Phi) is 7.06. The summed E-state index contributed by atoms with van der Waals surface area (Å²) in [6.45, 7) is 2.71. The number of thioether (sulfide) groups is 1. The number of hydrogen-bond donors (Lipinski definition) is 0. The van der Waals surface area contributed by atoms with E-state index in [1.165, 1.54) is 11.8 Å². The summed E-state index contributed by atoms with van der Waals surface area (Å²) >= 11 is 1.30. The number of nitrogens with zero attached hydrogens (tertiary/aromatic N) is 5. The molecule has 0 aromatic heterocycles. The number of rotatable bonds is 6. The number of ether oxygens (including phenoxy) is 1. The van der Waals surface area contributed by atoms with Gasteiger partial charge in [0.1, 0.15) is 17.6 Å². The number of hydrogen-bond acceptors (Lipinski definition) is 7. The van der Waals surface area contributed by atoms with Gasteiger partial charge in [0.25, 0.3) is 5.91 Å². The van der Waals surface area contributed by atoms with E-state index in [2.05, 4.69) is 4.90 Å². The summed E-state index contributed by atoms with van der Waals surface area (Å²) in [4.78, 5) is 42.1. The van der Waals surface area contributed by atoms with Gasteiger partial charge in [-0.05, 0) is 29.8 Å². The van der Waals surface area contributed by atoms with Crippen LogP contribution in [0.1, 0.15) is 11.1 Å². The second-order valence-corrected chi connectivity index (χ2v) is 10.5. The molecule has 9 heteroatoms. The van der Waals surface area contributed by atoms with Crippen LogP contribution in [-0.4, -0.2) is 77.7 Å². The average molecular weight is 540 g/mol. The highest BCUT2D eigenvalue weighted by molar-refractivity contribution is 8.14. The first-order valence-corrected chi connectivity index (χ1v) is 14.0. The molecular weight excluding hydrogens is 510 g/mol. The van der Waals surface area contributed by atoms with Crippen LogP contribution in [0.25, 0.3) is 0 Å². The van der Waals surface area contributed by atoms with Crippen molar-refractivity contribution in [2.45, 2.75) is 12.5 Å². The zero-order valence-corrected chi connectivity index (χ0v) is 22.5. The fourth-order valence-electron chi connectivity index (χ4n) is 5.17. The molecule has 0 unspecified atom stereocenters. The predicted octanol–water partition coefficient (Wildman–Crippen LogP) is 3.98. The number of amides is 2. The van der Waals surface area contributed by atoms with Crippen LogP contribution >= 0.6 is 11.8 Å². The number of benzene rings is 3. The molecule has 0 aliphatic carbocycles. The summed E-state index contributed by atoms with van der Waals surface area (Å²) in [6.07, 6.45) is 0.523.